The molecule has 4 nitrogen and oxygen atoms in total. The van der Waals surface area contributed by atoms with E-state index in [0.717, 1.165) is 31.7 Å². The number of ether oxygens (including phenoxy) is 1. The number of hydrogen-bond acceptors (Lipinski definition) is 4. The van der Waals surface area contributed by atoms with Crippen molar-refractivity contribution < 1.29 is 9.53 Å². The summed E-state index contributed by atoms with van der Waals surface area (Å²) in [5, 5.41) is 0. The molecule has 0 saturated carbocycles. The van der Waals surface area contributed by atoms with Crippen LogP contribution >= 0.6 is 11.8 Å². The summed E-state index contributed by atoms with van der Waals surface area (Å²) in [7, 11) is 0. The van der Waals surface area contributed by atoms with E-state index in [1.54, 1.807) is 11.8 Å². The standard InChI is InChI=1S/C11H22N2O2S/c1-9-8-13(5-3-6-15-9)11(14)10(12)4-7-16-2/h9-10H,3-8,12H2,1-2H3/t9?,10-/m1/s1. The number of hydrogen-bond donors (Lipinski definition) is 1. The molecule has 1 amide bonds. The average molecular weight is 246 g/mol. The van der Waals surface area contributed by atoms with E-state index in [2.05, 4.69) is 0 Å². The Labute approximate surface area is 102 Å². The average Bonchev–Trinajstić information content (AvgIpc) is 2.49. The Bertz CT molecular complexity index is 226. The van der Waals surface area contributed by atoms with Crippen molar-refractivity contribution in [3.8, 4) is 0 Å². The second-order valence-electron chi connectivity index (χ2n) is 4.21. The van der Waals surface area contributed by atoms with Crippen LogP contribution in [0.25, 0.3) is 0 Å². The minimum absolute atomic E-state index is 0.0754. The van der Waals surface area contributed by atoms with E-state index >= 15 is 0 Å². The minimum atomic E-state index is -0.349. The van der Waals surface area contributed by atoms with Crippen molar-refractivity contribution in [1.82, 2.24) is 4.90 Å². The number of carbonyl (C=O) groups excluding carboxylic acids is 1. The van der Waals surface area contributed by atoms with Gasteiger partial charge in [0.05, 0.1) is 12.1 Å². The molecule has 2 N–H and O–H groups in total. The third kappa shape index (κ3) is 4.31. The summed E-state index contributed by atoms with van der Waals surface area (Å²) in [6, 6.07) is -0.349. The molecular weight excluding hydrogens is 224 g/mol. The number of amides is 1. The molecule has 1 unspecified atom stereocenters. The summed E-state index contributed by atoms with van der Waals surface area (Å²) in [6.45, 7) is 4.19. The van der Waals surface area contributed by atoms with Crippen LogP contribution in [0.1, 0.15) is 19.8 Å². The predicted molar refractivity (Wildman–Crippen MR) is 67.6 cm³/mol. The number of nitrogens with two attached hydrogens (primary N) is 1. The van der Waals surface area contributed by atoms with Crippen molar-refractivity contribution >= 4 is 17.7 Å². The van der Waals surface area contributed by atoms with Gasteiger partial charge in [0.15, 0.2) is 0 Å². The van der Waals surface area contributed by atoms with Gasteiger partial charge in [-0.15, -0.1) is 0 Å². The van der Waals surface area contributed by atoms with Gasteiger partial charge in [-0.25, -0.2) is 0 Å². The van der Waals surface area contributed by atoms with Crippen LogP contribution in [-0.2, 0) is 9.53 Å². The Balaban J connectivity index is 2.44. The van der Waals surface area contributed by atoms with Gasteiger partial charge < -0.3 is 15.4 Å². The Hall–Kier alpha value is -0.260. The molecule has 2 atom stereocenters. The largest absolute Gasteiger partial charge is 0.377 e. The Morgan fingerprint density at radius 1 is 1.69 bits per heavy atom. The molecule has 0 aliphatic carbocycles. The third-order valence-electron chi connectivity index (χ3n) is 2.71. The Morgan fingerprint density at radius 2 is 2.44 bits per heavy atom. The van der Waals surface area contributed by atoms with Crippen LogP contribution in [0.4, 0.5) is 0 Å². The van der Waals surface area contributed by atoms with Gasteiger partial charge in [-0.3, -0.25) is 4.79 Å². The van der Waals surface area contributed by atoms with Crippen LogP contribution in [0, 0.1) is 0 Å². The first-order chi connectivity index (χ1) is 7.65. The number of rotatable bonds is 4. The van der Waals surface area contributed by atoms with Gasteiger partial charge in [0.1, 0.15) is 0 Å². The number of nitrogens with zero attached hydrogens (tertiary/aromatic N) is 1. The molecule has 1 fully saturated rings. The fraction of sp³-hybridized carbons (Fsp3) is 0.909. The summed E-state index contributed by atoms with van der Waals surface area (Å²) in [6.07, 6.45) is 3.81. The maximum Gasteiger partial charge on any atom is 0.239 e. The van der Waals surface area contributed by atoms with Crippen LogP contribution in [0.2, 0.25) is 0 Å². The maximum absolute atomic E-state index is 12.0. The highest BCUT2D eigenvalue weighted by atomic mass is 32.2. The van der Waals surface area contributed by atoms with Crippen molar-refractivity contribution in [1.29, 1.82) is 0 Å². The van der Waals surface area contributed by atoms with E-state index < -0.39 is 0 Å². The molecule has 1 aliphatic rings. The lowest BCUT2D eigenvalue weighted by molar-refractivity contribution is -0.133. The monoisotopic (exact) mass is 246 g/mol. The lowest BCUT2D eigenvalue weighted by Gasteiger charge is -2.25. The maximum atomic E-state index is 12.0. The van der Waals surface area contributed by atoms with Gasteiger partial charge in [0, 0.05) is 19.7 Å². The summed E-state index contributed by atoms with van der Waals surface area (Å²) in [5.41, 5.74) is 5.89. The van der Waals surface area contributed by atoms with E-state index in [1.807, 2.05) is 18.1 Å². The molecular formula is C11H22N2O2S. The highest BCUT2D eigenvalue weighted by molar-refractivity contribution is 7.98. The first-order valence-corrected chi connectivity index (χ1v) is 7.19. The van der Waals surface area contributed by atoms with E-state index in [9.17, 15) is 4.79 Å². The highest BCUT2D eigenvalue weighted by Crippen LogP contribution is 2.08. The van der Waals surface area contributed by atoms with Crippen molar-refractivity contribution in [2.24, 2.45) is 5.73 Å². The van der Waals surface area contributed by atoms with Crippen molar-refractivity contribution in [2.45, 2.75) is 31.9 Å². The zero-order valence-electron chi connectivity index (χ0n) is 10.1. The SMILES string of the molecule is CSCC[C@@H](N)C(=O)N1CCCOC(C)C1. The molecule has 94 valence electrons. The van der Waals surface area contributed by atoms with E-state index in [-0.39, 0.29) is 18.1 Å². The molecule has 5 heteroatoms. The summed E-state index contributed by atoms with van der Waals surface area (Å²) >= 11 is 1.72. The number of carbonyl (C=O) groups is 1. The normalized spacial score (nSPS) is 23.9. The predicted octanol–water partition coefficient (Wildman–Crippen LogP) is 0.704. The molecule has 0 spiro atoms. The first kappa shape index (κ1) is 13.8. The molecule has 1 heterocycles. The molecule has 0 aromatic heterocycles. The molecule has 1 aliphatic heterocycles. The van der Waals surface area contributed by atoms with Gasteiger partial charge in [0.25, 0.3) is 0 Å². The van der Waals surface area contributed by atoms with Crippen LogP contribution in [-0.4, -0.2) is 54.7 Å². The first-order valence-electron chi connectivity index (χ1n) is 5.80. The van der Waals surface area contributed by atoms with Crippen molar-refractivity contribution in [2.75, 3.05) is 31.7 Å². The fourth-order valence-electron chi connectivity index (χ4n) is 1.80. The van der Waals surface area contributed by atoms with Crippen LogP contribution in [0.5, 0.6) is 0 Å². The van der Waals surface area contributed by atoms with E-state index in [1.165, 1.54) is 0 Å². The summed E-state index contributed by atoms with van der Waals surface area (Å²) < 4.78 is 5.51. The van der Waals surface area contributed by atoms with Gasteiger partial charge in [-0.2, -0.15) is 11.8 Å². The van der Waals surface area contributed by atoms with E-state index in [0.29, 0.717) is 6.54 Å². The molecule has 1 rings (SSSR count). The topological polar surface area (TPSA) is 55.6 Å². The molecule has 0 aromatic carbocycles. The third-order valence-corrected chi connectivity index (χ3v) is 3.36. The van der Waals surface area contributed by atoms with Gasteiger partial charge in [0.2, 0.25) is 5.91 Å². The highest BCUT2D eigenvalue weighted by Gasteiger charge is 2.23. The summed E-state index contributed by atoms with van der Waals surface area (Å²) in [4.78, 5) is 13.9. The molecule has 0 aromatic rings. The quantitative estimate of drug-likeness (QED) is 0.793. The zero-order chi connectivity index (χ0) is 12.0. The van der Waals surface area contributed by atoms with Crippen LogP contribution < -0.4 is 5.73 Å². The summed E-state index contributed by atoms with van der Waals surface area (Å²) in [5.74, 6) is 1.01. The Kier molecular flexibility index (Phi) is 6.16. The Morgan fingerprint density at radius 3 is 3.12 bits per heavy atom. The fourth-order valence-corrected chi connectivity index (χ4v) is 2.29. The second-order valence-corrected chi connectivity index (χ2v) is 5.19. The van der Waals surface area contributed by atoms with Crippen LogP contribution in [0.15, 0.2) is 0 Å². The van der Waals surface area contributed by atoms with Gasteiger partial charge in [-0.05, 0) is 31.8 Å². The van der Waals surface area contributed by atoms with Crippen molar-refractivity contribution in [3.05, 3.63) is 0 Å². The lowest BCUT2D eigenvalue weighted by atomic mass is 10.2. The molecule has 0 radical (unpaired) electrons. The van der Waals surface area contributed by atoms with E-state index in [4.69, 9.17) is 10.5 Å². The molecule has 0 bridgehead atoms. The zero-order valence-corrected chi connectivity index (χ0v) is 11.0. The smallest absolute Gasteiger partial charge is 0.239 e. The van der Waals surface area contributed by atoms with Crippen LogP contribution in [0.3, 0.4) is 0 Å². The van der Waals surface area contributed by atoms with Gasteiger partial charge >= 0.3 is 0 Å². The minimum Gasteiger partial charge on any atom is -0.377 e. The van der Waals surface area contributed by atoms with Crippen molar-refractivity contribution in [3.63, 3.8) is 0 Å². The lowest BCUT2D eigenvalue weighted by Crippen LogP contribution is -2.46. The molecule has 16 heavy (non-hydrogen) atoms. The molecule has 1 saturated heterocycles. The number of thioether (sulfide) groups is 1. The second kappa shape index (κ2) is 7.14. The van der Waals surface area contributed by atoms with Gasteiger partial charge in [-0.1, -0.05) is 0 Å².